The Kier molecular flexibility index (Phi) is 7.07. The van der Waals surface area contributed by atoms with Crippen LogP contribution in [0, 0.1) is 0 Å². The predicted molar refractivity (Wildman–Crippen MR) is 112 cm³/mol. The van der Waals surface area contributed by atoms with Gasteiger partial charge in [-0.1, -0.05) is 19.3 Å². The van der Waals surface area contributed by atoms with Crippen molar-refractivity contribution in [3.05, 3.63) is 34.9 Å². The molecule has 0 bridgehead atoms. The molecule has 5 amide bonds. The van der Waals surface area contributed by atoms with E-state index in [1.54, 1.807) is 17.0 Å². The standard InChI is InChI=1S/C22H30N4O4/c1-3-25(4-2)22(30)24-13-12-23-19(27)15-10-11-17-18(14-15)21(29)26(20(17)28)16-8-6-5-7-9-16/h10-11,14,16H,3-9,12-13H2,1-2H3,(H,23,27)(H,24,30). The van der Waals surface area contributed by atoms with Crippen LogP contribution < -0.4 is 10.6 Å². The second-order valence-corrected chi connectivity index (χ2v) is 7.69. The summed E-state index contributed by atoms with van der Waals surface area (Å²) in [6, 6.07) is 4.42. The third kappa shape index (κ3) is 4.47. The normalized spacial score (nSPS) is 16.4. The van der Waals surface area contributed by atoms with Crippen molar-refractivity contribution in [3.8, 4) is 0 Å². The van der Waals surface area contributed by atoms with Crippen molar-refractivity contribution in [2.45, 2.75) is 52.0 Å². The molecule has 0 unspecified atom stereocenters. The van der Waals surface area contributed by atoms with Crippen molar-refractivity contribution in [1.29, 1.82) is 0 Å². The first-order chi connectivity index (χ1) is 14.5. The number of benzene rings is 1. The summed E-state index contributed by atoms with van der Waals surface area (Å²) < 4.78 is 0. The van der Waals surface area contributed by atoms with Gasteiger partial charge in [-0.3, -0.25) is 19.3 Å². The molecule has 1 aliphatic heterocycles. The maximum Gasteiger partial charge on any atom is 0.317 e. The largest absolute Gasteiger partial charge is 0.350 e. The molecular formula is C22H30N4O4. The lowest BCUT2D eigenvalue weighted by atomic mass is 9.94. The number of nitrogens with one attached hydrogen (secondary N) is 2. The molecule has 0 radical (unpaired) electrons. The Morgan fingerprint density at radius 3 is 2.27 bits per heavy atom. The quantitative estimate of drug-likeness (QED) is 0.529. The summed E-state index contributed by atoms with van der Waals surface area (Å²) in [5, 5.41) is 5.49. The van der Waals surface area contributed by atoms with Crippen LogP contribution in [0.4, 0.5) is 4.79 Å². The van der Waals surface area contributed by atoms with Gasteiger partial charge in [-0.15, -0.1) is 0 Å². The van der Waals surface area contributed by atoms with Crippen LogP contribution in [0.5, 0.6) is 0 Å². The lowest BCUT2D eigenvalue weighted by molar-refractivity contribution is 0.0548. The van der Waals surface area contributed by atoms with Gasteiger partial charge in [-0.05, 0) is 44.9 Å². The highest BCUT2D eigenvalue weighted by molar-refractivity contribution is 6.22. The highest BCUT2D eigenvalue weighted by Gasteiger charge is 2.40. The first-order valence-electron chi connectivity index (χ1n) is 10.8. The highest BCUT2D eigenvalue weighted by atomic mass is 16.2. The molecule has 0 saturated heterocycles. The fourth-order valence-electron chi connectivity index (χ4n) is 4.14. The summed E-state index contributed by atoms with van der Waals surface area (Å²) >= 11 is 0. The Bertz CT molecular complexity index is 828. The summed E-state index contributed by atoms with van der Waals surface area (Å²) in [5.41, 5.74) is 0.997. The van der Waals surface area contributed by atoms with Gasteiger partial charge in [0.25, 0.3) is 17.7 Å². The van der Waals surface area contributed by atoms with E-state index in [9.17, 15) is 19.2 Å². The summed E-state index contributed by atoms with van der Waals surface area (Å²) in [6.07, 6.45) is 4.88. The molecule has 2 aliphatic rings. The van der Waals surface area contributed by atoms with Crippen LogP contribution in [0.1, 0.15) is 77.0 Å². The number of amides is 5. The molecule has 1 aliphatic carbocycles. The predicted octanol–water partition coefficient (Wildman–Crippen LogP) is 2.40. The van der Waals surface area contributed by atoms with E-state index in [1.165, 1.54) is 11.0 Å². The topological polar surface area (TPSA) is 98.8 Å². The van der Waals surface area contributed by atoms with Crippen molar-refractivity contribution < 1.29 is 19.2 Å². The first kappa shape index (κ1) is 21.8. The van der Waals surface area contributed by atoms with Crippen molar-refractivity contribution >= 4 is 23.8 Å². The van der Waals surface area contributed by atoms with Gasteiger partial charge >= 0.3 is 6.03 Å². The maximum atomic E-state index is 12.9. The zero-order valence-corrected chi connectivity index (χ0v) is 17.7. The monoisotopic (exact) mass is 414 g/mol. The van der Waals surface area contributed by atoms with Crippen LogP contribution in [-0.4, -0.2) is 65.8 Å². The Morgan fingerprint density at radius 2 is 1.60 bits per heavy atom. The molecule has 1 fully saturated rings. The number of carbonyl (C=O) groups excluding carboxylic acids is 4. The lowest BCUT2D eigenvalue weighted by Crippen LogP contribution is -2.42. The number of nitrogens with zero attached hydrogens (tertiary/aromatic N) is 2. The van der Waals surface area contributed by atoms with E-state index in [-0.39, 0.29) is 36.3 Å². The average Bonchev–Trinajstić information content (AvgIpc) is 3.02. The minimum absolute atomic E-state index is 0.0437. The van der Waals surface area contributed by atoms with E-state index < -0.39 is 0 Å². The van der Waals surface area contributed by atoms with Crippen LogP contribution >= 0.6 is 0 Å². The van der Waals surface area contributed by atoms with Gasteiger partial charge in [0.1, 0.15) is 0 Å². The molecule has 1 heterocycles. The van der Waals surface area contributed by atoms with Gasteiger partial charge in [0.2, 0.25) is 0 Å². The number of imide groups is 1. The van der Waals surface area contributed by atoms with Crippen molar-refractivity contribution in [1.82, 2.24) is 20.4 Å². The molecule has 30 heavy (non-hydrogen) atoms. The highest BCUT2D eigenvalue weighted by Crippen LogP contribution is 2.31. The SMILES string of the molecule is CCN(CC)C(=O)NCCNC(=O)c1ccc2c(c1)C(=O)N(C1CCCCC1)C2=O. The second-order valence-electron chi connectivity index (χ2n) is 7.69. The first-order valence-corrected chi connectivity index (χ1v) is 10.8. The van der Waals surface area contributed by atoms with E-state index in [4.69, 9.17) is 0 Å². The third-order valence-corrected chi connectivity index (χ3v) is 5.86. The molecule has 162 valence electrons. The lowest BCUT2D eigenvalue weighted by Gasteiger charge is -2.29. The van der Waals surface area contributed by atoms with E-state index in [1.807, 2.05) is 13.8 Å². The van der Waals surface area contributed by atoms with E-state index >= 15 is 0 Å². The van der Waals surface area contributed by atoms with Gasteiger partial charge in [0, 0.05) is 37.8 Å². The molecule has 2 N–H and O–H groups in total. The molecule has 1 saturated carbocycles. The Hall–Kier alpha value is -2.90. The molecule has 0 aromatic heterocycles. The summed E-state index contributed by atoms with van der Waals surface area (Å²) in [5.74, 6) is -0.901. The van der Waals surface area contributed by atoms with Crippen molar-refractivity contribution in [2.24, 2.45) is 0 Å². The minimum atomic E-state index is -0.341. The molecule has 0 spiro atoms. The molecule has 1 aromatic rings. The van der Waals surface area contributed by atoms with Crippen LogP contribution in [0.2, 0.25) is 0 Å². The van der Waals surface area contributed by atoms with Crippen LogP contribution in [0.15, 0.2) is 18.2 Å². The van der Waals surface area contributed by atoms with E-state index in [0.29, 0.717) is 36.3 Å². The van der Waals surface area contributed by atoms with Crippen molar-refractivity contribution in [3.63, 3.8) is 0 Å². The fourth-order valence-corrected chi connectivity index (χ4v) is 4.14. The minimum Gasteiger partial charge on any atom is -0.350 e. The molecule has 8 heteroatoms. The van der Waals surface area contributed by atoms with Gasteiger partial charge in [-0.25, -0.2) is 4.79 Å². The number of carbonyl (C=O) groups is 4. The van der Waals surface area contributed by atoms with Crippen LogP contribution in [-0.2, 0) is 0 Å². The smallest absolute Gasteiger partial charge is 0.317 e. The zero-order chi connectivity index (χ0) is 21.7. The molecule has 1 aromatic carbocycles. The van der Waals surface area contributed by atoms with Gasteiger partial charge in [-0.2, -0.15) is 0 Å². The molecular weight excluding hydrogens is 384 g/mol. The Labute approximate surface area is 177 Å². The summed E-state index contributed by atoms with van der Waals surface area (Å²) in [6.45, 7) is 5.62. The second kappa shape index (κ2) is 9.73. The number of hydrogen-bond donors (Lipinski definition) is 2. The van der Waals surface area contributed by atoms with Gasteiger partial charge in [0.15, 0.2) is 0 Å². The number of hydrogen-bond acceptors (Lipinski definition) is 4. The van der Waals surface area contributed by atoms with Crippen molar-refractivity contribution in [2.75, 3.05) is 26.2 Å². The summed E-state index contributed by atoms with van der Waals surface area (Å²) in [4.78, 5) is 53.0. The maximum absolute atomic E-state index is 12.9. The van der Waals surface area contributed by atoms with Crippen LogP contribution in [0.3, 0.4) is 0 Å². The molecule has 3 rings (SSSR count). The molecule has 8 nitrogen and oxygen atoms in total. The Balaban J connectivity index is 1.58. The molecule has 0 atom stereocenters. The number of rotatable bonds is 7. The Morgan fingerprint density at radius 1 is 0.967 bits per heavy atom. The van der Waals surface area contributed by atoms with E-state index in [2.05, 4.69) is 10.6 Å². The van der Waals surface area contributed by atoms with E-state index in [0.717, 1.165) is 32.1 Å². The third-order valence-electron chi connectivity index (χ3n) is 5.86. The number of urea groups is 1. The zero-order valence-electron chi connectivity index (χ0n) is 17.7. The van der Waals surface area contributed by atoms with Gasteiger partial charge < -0.3 is 15.5 Å². The fraction of sp³-hybridized carbons (Fsp3) is 0.545. The van der Waals surface area contributed by atoms with Crippen LogP contribution in [0.25, 0.3) is 0 Å². The summed E-state index contributed by atoms with van der Waals surface area (Å²) in [7, 11) is 0. The average molecular weight is 415 g/mol. The van der Waals surface area contributed by atoms with Gasteiger partial charge in [0.05, 0.1) is 11.1 Å². The number of fused-ring (bicyclic) bond motifs is 1.